The first-order chi connectivity index (χ1) is 9.24. The van der Waals surface area contributed by atoms with Gasteiger partial charge in [0.05, 0.1) is 14.2 Å². The highest BCUT2D eigenvalue weighted by Gasteiger charge is 2.07. The summed E-state index contributed by atoms with van der Waals surface area (Å²) in [7, 11) is 2.76. The van der Waals surface area contributed by atoms with E-state index < -0.39 is 5.97 Å². The smallest absolute Gasteiger partial charge is 0.373 e. The molecule has 2 aromatic rings. The lowest BCUT2D eigenvalue weighted by Gasteiger charge is -2.00. The van der Waals surface area contributed by atoms with E-state index in [1.807, 2.05) is 18.2 Å². The summed E-state index contributed by atoms with van der Waals surface area (Å²) in [6, 6.07) is 10.3. The van der Waals surface area contributed by atoms with Crippen LogP contribution in [-0.4, -0.2) is 20.2 Å². The molecule has 1 aromatic heterocycles. The van der Waals surface area contributed by atoms with E-state index in [0.29, 0.717) is 0 Å². The minimum atomic E-state index is -0.483. The summed E-state index contributed by atoms with van der Waals surface area (Å²) < 4.78 is 10.8. The number of methoxy groups -OCH3 is 2. The highest BCUT2D eigenvalue weighted by Crippen LogP contribution is 2.26. The quantitative estimate of drug-likeness (QED) is 0.370. The third kappa shape index (κ3) is 3.23. The van der Waals surface area contributed by atoms with Crippen molar-refractivity contribution in [3.05, 3.63) is 53.1 Å². The van der Waals surface area contributed by atoms with Crippen molar-refractivity contribution in [1.29, 1.82) is 0 Å². The molecule has 0 aliphatic rings. The summed E-state index contributed by atoms with van der Waals surface area (Å²) in [5.74, 6) is -0.302. The number of ether oxygens (including phenoxy) is 2. The van der Waals surface area contributed by atoms with Crippen molar-refractivity contribution >= 4 is 33.5 Å². The van der Waals surface area contributed by atoms with E-state index in [-0.39, 0.29) is 5.76 Å². The molecule has 98 valence electrons. The Bertz CT molecular complexity index is 605. The van der Waals surface area contributed by atoms with E-state index in [1.165, 1.54) is 24.3 Å². The summed E-state index contributed by atoms with van der Waals surface area (Å²) in [6.07, 6.45) is 5.31. The van der Waals surface area contributed by atoms with Gasteiger partial charge in [0.2, 0.25) is 5.76 Å². The second kappa shape index (κ2) is 6.20. The van der Waals surface area contributed by atoms with Crippen LogP contribution in [-0.2, 0) is 14.3 Å². The second-order valence-electron chi connectivity index (χ2n) is 3.77. The van der Waals surface area contributed by atoms with Crippen molar-refractivity contribution < 1.29 is 14.3 Å². The predicted molar refractivity (Wildman–Crippen MR) is 78.0 cm³/mol. The molecule has 0 amide bonds. The van der Waals surface area contributed by atoms with Crippen LogP contribution in [0.5, 0.6) is 0 Å². The molecule has 0 saturated carbocycles. The number of esters is 1. The lowest BCUT2D eigenvalue weighted by molar-refractivity contribution is -0.139. The van der Waals surface area contributed by atoms with E-state index in [1.54, 1.807) is 23.5 Å². The van der Waals surface area contributed by atoms with Gasteiger partial charge in [0, 0.05) is 9.58 Å². The van der Waals surface area contributed by atoms with Crippen molar-refractivity contribution in [2.45, 2.75) is 0 Å². The summed E-state index contributed by atoms with van der Waals surface area (Å²) in [4.78, 5) is 12.4. The third-order valence-electron chi connectivity index (χ3n) is 2.56. The van der Waals surface area contributed by atoms with Crippen LogP contribution in [0.2, 0.25) is 0 Å². The number of benzene rings is 1. The van der Waals surface area contributed by atoms with Crippen LogP contribution in [0.25, 0.3) is 16.2 Å². The normalized spacial score (nSPS) is 12.0. The fraction of sp³-hybridized carbons (Fsp3) is 0.133. The van der Waals surface area contributed by atoms with Crippen molar-refractivity contribution in [3.63, 3.8) is 0 Å². The molecule has 0 fully saturated rings. The maximum atomic E-state index is 11.3. The fourth-order valence-electron chi connectivity index (χ4n) is 1.63. The van der Waals surface area contributed by atoms with Crippen molar-refractivity contribution in [2.75, 3.05) is 14.2 Å². The molecule has 0 N–H and O–H groups in total. The monoisotopic (exact) mass is 274 g/mol. The van der Waals surface area contributed by atoms with Gasteiger partial charge in [-0.25, -0.2) is 4.79 Å². The summed E-state index contributed by atoms with van der Waals surface area (Å²) in [5.41, 5.74) is 0. The van der Waals surface area contributed by atoms with Crippen molar-refractivity contribution in [3.8, 4) is 0 Å². The van der Waals surface area contributed by atoms with Crippen LogP contribution in [0, 0.1) is 0 Å². The SMILES string of the molecule is COC(=O)C(=CC=Cc1cc2ccccc2s1)OC. The van der Waals surface area contributed by atoms with Gasteiger partial charge >= 0.3 is 5.97 Å². The number of thiophene rings is 1. The lowest BCUT2D eigenvalue weighted by Crippen LogP contribution is -2.05. The van der Waals surface area contributed by atoms with Crippen molar-refractivity contribution in [1.82, 2.24) is 0 Å². The Morgan fingerprint density at radius 2 is 2.00 bits per heavy atom. The zero-order valence-electron chi connectivity index (χ0n) is 10.8. The Morgan fingerprint density at radius 3 is 2.68 bits per heavy atom. The van der Waals surface area contributed by atoms with Crippen LogP contribution in [0.3, 0.4) is 0 Å². The molecule has 2 rings (SSSR count). The standard InChI is InChI=1S/C15H14O3S/c1-17-13(15(16)18-2)8-5-7-12-10-11-6-3-4-9-14(11)19-12/h3-10H,1-2H3. The second-order valence-corrected chi connectivity index (χ2v) is 4.89. The van der Waals surface area contributed by atoms with Gasteiger partial charge in [-0.3, -0.25) is 0 Å². The highest BCUT2D eigenvalue weighted by molar-refractivity contribution is 7.19. The van der Waals surface area contributed by atoms with E-state index >= 15 is 0 Å². The number of carbonyl (C=O) groups is 1. The number of hydrogen-bond acceptors (Lipinski definition) is 4. The van der Waals surface area contributed by atoms with Gasteiger partial charge in [-0.1, -0.05) is 24.3 Å². The average molecular weight is 274 g/mol. The molecular formula is C15H14O3S. The Labute approximate surface area is 115 Å². The van der Waals surface area contributed by atoms with Crippen LogP contribution in [0.15, 0.2) is 48.2 Å². The van der Waals surface area contributed by atoms with E-state index in [2.05, 4.69) is 22.9 Å². The van der Waals surface area contributed by atoms with Gasteiger partial charge in [-0.15, -0.1) is 11.3 Å². The Morgan fingerprint density at radius 1 is 1.21 bits per heavy atom. The summed E-state index contributed by atoms with van der Waals surface area (Å²) in [6.45, 7) is 0. The van der Waals surface area contributed by atoms with Gasteiger partial charge in [0.1, 0.15) is 0 Å². The Balaban J connectivity index is 2.18. The molecule has 0 unspecified atom stereocenters. The number of rotatable bonds is 4. The molecule has 0 saturated heterocycles. The predicted octanol–water partition coefficient (Wildman–Crippen LogP) is 3.62. The Hall–Kier alpha value is -2.07. The fourth-order valence-corrected chi connectivity index (χ4v) is 2.61. The summed E-state index contributed by atoms with van der Waals surface area (Å²) >= 11 is 1.70. The highest BCUT2D eigenvalue weighted by atomic mass is 32.1. The van der Waals surface area contributed by atoms with Gasteiger partial charge in [-0.2, -0.15) is 0 Å². The Kier molecular flexibility index (Phi) is 4.36. The van der Waals surface area contributed by atoms with Crippen LogP contribution in [0.4, 0.5) is 0 Å². The number of allylic oxidation sites excluding steroid dienone is 2. The number of carbonyl (C=O) groups excluding carboxylic acids is 1. The maximum Gasteiger partial charge on any atom is 0.373 e. The molecule has 19 heavy (non-hydrogen) atoms. The van der Waals surface area contributed by atoms with Crippen LogP contribution in [0.1, 0.15) is 4.88 Å². The molecule has 4 heteroatoms. The van der Waals surface area contributed by atoms with E-state index in [0.717, 1.165) is 4.88 Å². The number of fused-ring (bicyclic) bond motifs is 1. The first kappa shape index (κ1) is 13.4. The molecule has 0 aliphatic heterocycles. The molecule has 1 heterocycles. The minimum absolute atomic E-state index is 0.180. The zero-order chi connectivity index (χ0) is 13.7. The summed E-state index contributed by atoms with van der Waals surface area (Å²) in [5, 5.41) is 1.22. The lowest BCUT2D eigenvalue weighted by atomic mass is 10.2. The van der Waals surface area contributed by atoms with E-state index in [9.17, 15) is 4.79 Å². The maximum absolute atomic E-state index is 11.3. The van der Waals surface area contributed by atoms with E-state index in [4.69, 9.17) is 4.74 Å². The van der Waals surface area contributed by atoms with Gasteiger partial charge < -0.3 is 9.47 Å². The largest absolute Gasteiger partial charge is 0.490 e. The van der Waals surface area contributed by atoms with Gasteiger partial charge in [0.15, 0.2) is 0 Å². The molecular weight excluding hydrogens is 260 g/mol. The molecule has 0 spiro atoms. The topological polar surface area (TPSA) is 35.5 Å². The van der Waals surface area contributed by atoms with Crippen LogP contribution >= 0.6 is 11.3 Å². The third-order valence-corrected chi connectivity index (χ3v) is 3.64. The molecule has 0 bridgehead atoms. The minimum Gasteiger partial charge on any atom is -0.490 e. The molecule has 0 radical (unpaired) electrons. The van der Waals surface area contributed by atoms with Crippen LogP contribution < -0.4 is 0 Å². The zero-order valence-corrected chi connectivity index (χ0v) is 11.6. The first-order valence-corrected chi connectivity index (χ1v) is 6.55. The van der Waals surface area contributed by atoms with Crippen molar-refractivity contribution in [2.24, 2.45) is 0 Å². The molecule has 1 aromatic carbocycles. The van der Waals surface area contributed by atoms with Gasteiger partial charge in [-0.05, 0) is 29.7 Å². The molecule has 3 nitrogen and oxygen atoms in total. The van der Waals surface area contributed by atoms with Gasteiger partial charge in [0.25, 0.3) is 0 Å². The number of hydrogen-bond donors (Lipinski definition) is 0. The molecule has 0 aliphatic carbocycles. The first-order valence-electron chi connectivity index (χ1n) is 5.74. The molecule has 0 atom stereocenters. The average Bonchev–Trinajstić information content (AvgIpc) is 2.85.